The van der Waals surface area contributed by atoms with Gasteiger partial charge in [-0.1, -0.05) is 12.1 Å². The smallest absolute Gasteiger partial charge is 0.266 e. The summed E-state index contributed by atoms with van der Waals surface area (Å²) in [7, 11) is 0. The van der Waals surface area contributed by atoms with E-state index in [0.29, 0.717) is 11.3 Å². The van der Waals surface area contributed by atoms with Crippen LogP contribution in [0.4, 0.5) is 5.69 Å². The SMILES string of the molecule is O=C1N[S@](=O)Nc2ccccc21. The number of fused-ring (bicyclic) bond motifs is 1. The van der Waals surface area contributed by atoms with Crippen LogP contribution in [-0.2, 0) is 11.2 Å². The average molecular weight is 182 g/mol. The highest BCUT2D eigenvalue weighted by Crippen LogP contribution is 2.18. The van der Waals surface area contributed by atoms with E-state index in [4.69, 9.17) is 0 Å². The van der Waals surface area contributed by atoms with Gasteiger partial charge in [0, 0.05) is 0 Å². The molecule has 0 radical (unpaired) electrons. The number of carbonyl (C=O) groups excluding carboxylic acids is 1. The second kappa shape index (κ2) is 2.60. The largest absolute Gasteiger partial charge is 0.287 e. The Kier molecular flexibility index (Phi) is 1.58. The molecule has 1 aromatic rings. The van der Waals surface area contributed by atoms with Crippen molar-refractivity contribution >= 4 is 22.8 Å². The van der Waals surface area contributed by atoms with Crippen LogP contribution in [0.1, 0.15) is 10.4 Å². The molecule has 12 heavy (non-hydrogen) atoms. The van der Waals surface area contributed by atoms with Crippen molar-refractivity contribution in [1.82, 2.24) is 4.72 Å². The van der Waals surface area contributed by atoms with Crippen molar-refractivity contribution in [2.45, 2.75) is 0 Å². The molecule has 1 aliphatic heterocycles. The van der Waals surface area contributed by atoms with Crippen molar-refractivity contribution in [2.75, 3.05) is 4.72 Å². The molecule has 62 valence electrons. The average Bonchev–Trinajstić information content (AvgIpc) is 2.04. The Labute approximate surface area is 71.7 Å². The molecular weight excluding hydrogens is 176 g/mol. The zero-order valence-electron chi connectivity index (χ0n) is 6.03. The van der Waals surface area contributed by atoms with Crippen LogP contribution in [0.5, 0.6) is 0 Å². The summed E-state index contributed by atoms with van der Waals surface area (Å²) >= 11 is -1.48. The minimum absolute atomic E-state index is 0.303. The molecule has 4 nitrogen and oxygen atoms in total. The van der Waals surface area contributed by atoms with Crippen LogP contribution in [-0.4, -0.2) is 10.1 Å². The lowest BCUT2D eigenvalue weighted by atomic mass is 10.2. The van der Waals surface area contributed by atoms with Gasteiger partial charge in [0.15, 0.2) is 0 Å². The third kappa shape index (κ3) is 1.08. The maximum atomic E-state index is 11.2. The van der Waals surface area contributed by atoms with Gasteiger partial charge >= 0.3 is 0 Å². The van der Waals surface area contributed by atoms with E-state index in [2.05, 4.69) is 9.44 Å². The highest BCUT2D eigenvalue weighted by Gasteiger charge is 2.19. The molecule has 2 rings (SSSR count). The van der Waals surface area contributed by atoms with Gasteiger partial charge in [-0.25, -0.2) is 4.21 Å². The fraction of sp³-hybridized carbons (Fsp3) is 0. The molecule has 5 heteroatoms. The van der Waals surface area contributed by atoms with Crippen LogP contribution in [0, 0.1) is 0 Å². The molecule has 0 unspecified atom stereocenters. The predicted molar refractivity (Wildman–Crippen MR) is 45.7 cm³/mol. The normalized spacial score (nSPS) is 20.7. The Balaban J connectivity index is 2.54. The quantitative estimate of drug-likeness (QED) is 0.611. The summed E-state index contributed by atoms with van der Waals surface area (Å²) in [6, 6.07) is 6.93. The van der Waals surface area contributed by atoms with Gasteiger partial charge in [-0.05, 0) is 12.1 Å². The maximum absolute atomic E-state index is 11.2. The van der Waals surface area contributed by atoms with Crippen molar-refractivity contribution in [3.8, 4) is 0 Å². The summed E-state index contributed by atoms with van der Waals surface area (Å²) in [6.45, 7) is 0. The first kappa shape index (κ1) is 7.30. The molecule has 0 saturated carbocycles. The van der Waals surface area contributed by atoms with Crippen molar-refractivity contribution in [3.05, 3.63) is 29.8 Å². The van der Waals surface area contributed by atoms with Gasteiger partial charge in [0.05, 0.1) is 11.3 Å². The number of rotatable bonds is 0. The van der Waals surface area contributed by atoms with Gasteiger partial charge < -0.3 is 0 Å². The number of benzene rings is 1. The predicted octanol–water partition coefficient (Wildman–Crippen LogP) is 0.421. The molecule has 1 atom stereocenters. The first-order valence-electron chi connectivity index (χ1n) is 3.36. The van der Waals surface area contributed by atoms with Gasteiger partial charge in [-0.2, -0.15) is 0 Å². The van der Waals surface area contributed by atoms with Crippen molar-refractivity contribution in [2.24, 2.45) is 0 Å². The lowest BCUT2D eigenvalue weighted by Crippen LogP contribution is -2.35. The molecule has 1 heterocycles. The van der Waals surface area contributed by atoms with Gasteiger partial charge in [0.2, 0.25) is 11.2 Å². The second-order valence-electron chi connectivity index (χ2n) is 2.35. The maximum Gasteiger partial charge on any atom is 0.266 e. The fourth-order valence-electron chi connectivity index (χ4n) is 1.03. The minimum atomic E-state index is -1.48. The van der Waals surface area contributed by atoms with Crippen molar-refractivity contribution in [3.63, 3.8) is 0 Å². The van der Waals surface area contributed by atoms with Gasteiger partial charge in [-0.15, -0.1) is 0 Å². The van der Waals surface area contributed by atoms with Gasteiger partial charge in [0.1, 0.15) is 0 Å². The van der Waals surface area contributed by atoms with E-state index in [0.717, 1.165) is 0 Å². The number of nitrogens with one attached hydrogen (secondary N) is 2. The van der Waals surface area contributed by atoms with Crippen molar-refractivity contribution in [1.29, 1.82) is 0 Å². The van der Waals surface area contributed by atoms with Crippen LogP contribution >= 0.6 is 0 Å². The lowest BCUT2D eigenvalue weighted by molar-refractivity contribution is 0.0982. The summed E-state index contributed by atoms with van der Waals surface area (Å²) in [5.74, 6) is -0.303. The molecule has 1 aromatic carbocycles. The molecule has 0 fully saturated rings. The summed E-state index contributed by atoms with van der Waals surface area (Å²) in [5.41, 5.74) is 1.14. The molecule has 1 aliphatic rings. The number of para-hydroxylation sites is 1. The van der Waals surface area contributed by atoms with Gasteiger partial charge in [-0.3, -0.25) is 14.2 Å². The highest BCUT2D eigenvalue weighted by molar-refractivity contribution is 7.85. The molecule has 2 N–H and O–H groups in total. The summed E-state index contributed by atoms with van der Waals surface area (Å²) in [6.07, 6.45) is 0. The molecule has 0 bridgehead atoms. The molecule has 0 saturated heterocycles. The summed E-state index contributed by atoms with van der Waals surface area (Å²) < 4.78 is 15.8. The first-order valence-corrected chi connectivity index (χ1v) is 4.51. The standard InChI is InChI=1S/C7H6N2O2S/c10-7-5-3-1-2-4-6(5)8-12(11)9-7/h1-4,8H,(H,9,10)/t12-/m1/s1. The number of hydrogen-bond acceptors (Lipinski definition) is 2. The Hall–Kier alpha value is -1.36. The number of hydrogen-bond donors (Lipinski definition) is 2. The molecule has 0 spiro atoms. The van der Waals surface area contributed by atoms with E-state index < -0.39 is 11.2 Å². The summed E-state index contributed by atoms with van der Waals surface area (Å²) in [5, 5.41) is 0. The van der Waals surface area contributed by atoms with Crippen LogP contribution < -0.4 is 9.44 Å². The first-order chi connectivity index (χ1) is 5.77. The zero-order valence-corrected chi connectivity index (χ0v) is 6.85. The van der Waals surface area contributed by atoms with E-state index in [1.165, 1.54) is 0 Å². The molecule has 0 aromatic heterocycles. The van der Waals surface area contributed by atoms with Crippen molar-refractivity contribution < 1.29 is 9.00 Å². The van der Waals surface area contributed by atoms with Crippen LogP contribution in [0.15, 0.2) is 24.3 Å². The zero-order chi connectivity index (χ0) is 8.55. The Morgan fingerprint density at radius 1 is 1.17 bits per heavy atom. The highest BCUT2D eigenvalue weighted by atomic mass is 32.2. The Morgan fingerprint density at radius 3 is 2.75 bits per heavy atom. The van der Waals surface area contributed by atoms with E-state index >= 15 is 0 Å². The number of anilines is 1. The van der Waals surface area contributed by atoms with E-state index in [1.807, 2.05) is 0 Å². The van der Waals surface area contributed by atoms with E-state index in [-0.39, 0.29) is 5.91 Å². The minimum Gasteiger partial charge on any atom is -0.287 e. The number of carbonyl (C=O) groups is 1. The monoisotopic (exact) mass is 182 g/mol. The van der Waals surface area contributed by atoms with E-state index in [1.54, 1.807) is 24.3 Å². The van der Waals surface area contributed by atoms with Crippen LogP contribution in [0.25, 0.3) is 0 Å². The summed E-state index contributed by atoms with van der Waals surface area (Å²) in [4.78, 5) is 11.2. The molecular formula is C7H6N2O2S. The van der Waals surface area contributed by atoms with Crippen LogP contribution in [0.3, 0.4) is 0 Å². The molecule has 1 amide bonds. The fourth-order valence-corrected chi connectivity index (χ4v) is 1.74. The van der Waals surface area contributed by atoms with Crippen LogP contribution in [0.2, 0.25) is 0 Å². The van der Waals surface area contributed by atoms with E-state index in [9.17, 15) is 9.00 Å². The third-order valence-electron chi connectivity index (χ3n) is 1.56. The lowest BCUT2D eigenvalue weighted by Gasteiger charge is -2.16. The molecule has 0 aliphatic carbocycles. The third-order valence-corrected chi connectivity index (χ3v) is 2.34. The topological polar surface area (TPSA) is 58.2 Å². The van der Waals surface area contributed by atoms with Gasteiger partial charge in [0.25, 0.3) is 5.91 Å². The second-order valence-corrected chi connectivity index (χ2v) is 3.29. The Morgan fingerprint density at radius 2 is 1.92 bits per heavy atom. The number of amides is 1. The Bertz CT molecular complexity index is 364.